The molecule has 0 aliphatic rings. The summed E-state index contributed by atoms with van der Waals surface area (Å²) in [4.78, 5) is 12.9. The van der Waals surface area contributed by atoms with E-state index in [9.17, 15) is 13.2 Å². The van der Waals surface area contributed by atoms with Gasteiger partial charge >= 0.3 is 0 Å². The lowest BCUT2D eigenvalue weighted by atomic mass is 10.1. The number of para-hydroxylation sites is 2. The normalized spacial score (nSPS) is 11.0. The van der Waals surface area contributed by atoms with Crippen molar-refractivity contribution in [3.05, 3.63) is 77.9 Å². The molecule has 0 saturated heterocycles. The molecule has 0 aromatic heterocycles. The Bertz CT molecular complexity index is 1210. The Balaban J connectivity index is 1.98. The van der Waals surface area contributed by atoms with E-state index < -0.39 is 22.5 Å². The molecular weight excluding hydrogens is 428 g/mol. The average molecular weight is 455 g/mol. The summed E-state index contributed by atoms with van der Waals surface area (Å²) < 4.78 is 38.6. The minimum Gasteiger partial charge on any atom is -0.497 e. The van der Waals surface area contributed by atoms with Gasteiger partial charge in [-0.15, -0.1) is 0 Å². The van der Waals surface area contributed by atoms with Crippen LogP contribution in [-0.4, -0.2) is 35.1 Å². The minimum atomic E-state index is -4.08. The summed E-state index contributed by atoms with van der Waals surface area (Å²) in [6, 6.07) is 18.2. The standard InChI is InChI=1S/C24H26N2O5S/c1-17-9-10-19(15-18(17)2)25-24(27)16-26(22-7-5-6-8-23(22)31-4)32(28,29)21-13-11-20(30-3)12-14-21/h5-15H,16H2,1-4H3,(H,25,27). The molecule has 0 aliphatic heterocycles. The number of sulfonamides is 1. The molecule has 8 heteroatoms. The fourth-order valence-electron chi connectivity index (χ4n) is 3.16. The molecule has 0 radical (unpaired) electrons. The number of carbonyl (C=O) groups is 1. The summed E-state index contributed by atoms with van der Waals surface area (Å²) in [6.07, 6.45) is 0. The number of anilines is 2. The summed E-state index contributed by atoms with van der Waals surface area (Å²) in [5.74, 6) is 0.389. The lowest BCUT2D eigenvalue weighted by molar-refractivity contribution is -0.114. The van der Waals surface area contributed by atoms with Gasteiger partial charge < -0.3 is 14.8 Å². The molecule has 32 heavy (non-hydrogen) atoms. The van der Waals surface area contributed by atoms with Gasteiger partial charge in [0.05, 0.1) is 24.8 Å². The highest BCUT2D eigenvalue weighted by Crippen LogP contribution is 2.32. The summed E-state index contributed by atoms with van der Waals surface area (Å²) >= 11 is 0. The van der Waals surface area contributed by atoms with Crippen molar-refractivity contribution >= 4 is 27.3 Å². The predicted octanol–water partition coefficient (Wildman–Crippen LogP) is 4.15. The zero-order valence-electron chi connectivity index (χ0n) is 18.5. The topological polar surface area (TPSA) is 84.9 Å². The zero-order chi connectivity index (χ0) is 23.3. The highest BCUT2D eigenvalue weighted by atomic mass is 32.2. The van der Waals surface area contributed by atoms with Crippen LogP contribution in [-0.2, 0) is 14.8 Å². The molecule has 1 amide bonds. The number of nitrogens with zero attached hydrogens (tertiary/aromatic N) is 1. The molecule has 0 heterocycles. The fraction of sp³-hybridized carbons (Fsp3) is 0.208. The Morgan fingerprint density at radius 2 is 1.59 bits per heavy atom. The molecule has 7 nitrogen and oxygen atoms in total. The van der Waals surface area contributed by atoms with E-state index in [2.05, 4.69) is 5.32 Å². The fourth-order valence-corrected chi connectivity index (χ4v) is 4.59. The summed E-state index contributed by atoms with van der Waals surface area (Å²) in [5.41, 5.74) is 2.98. The van der Waals surface area contributed by atoms with Crippen molar-refractivity contribution in [1.29, 1.82) is 0 Å². The number of carbonyl (C=O) groups excluding carboxylic acids is 1. The molecule has 3 rings (SSSR count). The second-order valence-corrected chi connectivity index (χ2v) is 9.07. The van der Waals surface area contributed by atoms with Crippen LogP contribution >= 0.6 is 0 Å². The highest BCUT2D eigenvalue weighted by Gasteiger charge is 2.29. The first-order valence-corrected chi connectivity index (χ1v) is 11.4. The van der Waals surface area contributed by atoms with Crippen LogP contribution in [0.3, 0.4) is 0 Å². The van der Waals surface area contributed by atoms with Crippen LogP contribution in [0.2, 0.25) is 0 Å². The highest BCUT2D eigenvalue weighted by molar-refractivity contribution is 7.92. The Labute approximate surface area is 188 Å². The van der Waals surface area contributed by atoms with Crippen molar-refractivity contribution in [3.8, 4) is 11.5 Å². The van der Waals surface area contributed by atoms with Crippen molar-refractivity contribution in [2.45, 2.75) is 18.7 Å². The van der Waals surface area contributed by atoms with Gasteiger partial charge in [0, 0.05) is 5.69 Å². The number of hydrogen-bond donors (Lipinski definition) is 1. The Hall–Kier alpha value is -3.52. The third kappa shape index (κ3) is 5.03. The van der Waals surface area contributed by atoms with Gasteiger partial charge in [-0.2, -0.15) is 0 Å². The largest absolute Gasteiger partial charge is 0.497 e. The second-order valence-electron chi connectivity index (χ2n) is 7.21. The van der Waals surface area contributed by atoms with Crippen LogP contribution in [0.1, 0.15) is 11.1 Å². The van der Waals surface area contributed by atoms with Gasteiger partial charge in [0.1, 0.15) is 18.0 Å². The number of nitrogens with one attached hydrogen (secondary N) is 1. The van der Waals surface area contributed by atoms with Gasteiger partial charge in [-0.1, -0.05) is 18.2 Å². The number of methoxy groups -OCH3 is 2. The van der Waals surface area contributed by atoms with Gasteiger partial charge in [-0.05, 0) is 73.5 Å². The van der Waals surface area contributed by atoms with Crippen molar-refractivity contribution in [2.24, 2.45) is 0 Å². The van der Waals surface area contributed by atoms with Crippen LogP contribution in [0.25, 0.3) is 0 Å². The van der Waals surface area contributed by atoms with E-state index in [1.165, 1.54) is 26.4 Å². The van der Waals surface area contributed by atoms with Gasteiger partial charge in [-0.3, -0.25) is 9.10 Å². The van der Waals surface area contributed by atoms with Crippen molar-refractivity contribution in [3.63, 3.8) is 0 Å². The van der Waals surface area contributed by atoms with Crippen LogP contribution in [0, 0.1) is 13.8 Å². The Kier molecular flexibility index (Phi) is 7.05. The SMILES string of the molecule is COc1ccc(S(=O)(=O)N(CC(=O)Nc2ccc(C)c(C)c2)c2ccccc2OC)cc1. The molecule has 3 aromatic carbocycles. The van der Waals surface area contributed by atoms with E-state index >= 15 is 0 Å². The molecule has 0 saturated carbocycles. The van der Waals surface area contributed by atoms with E-state index in [4.69, 9.17) is 9.47 Å². The number of benzene rings is 3. The molecule has 0 spiro atoms. The number of aryl methyl sites for hydroxylation is 2. The van der Waals surface area contributed by atoms with Crippen molar-refractivity contribution in [2.75, 3.05) is 30.4 Å². The Morgan fingerprint density at radius 3 is 2.22 bits per heavy atom. The van der Waals surface area contributed by atoms with Gasteiger partial charge in [0.15, 0.2) is 0 Å². The number of amides is 1. The first-order chi connectivity index (χ1) is 15.3. The number of ether oxygens (including phenoxy) is 2. The predicted molar refractivity (Wildman–Crippen MR) is 125 cm³/mol. The summed E-state index contributed by atoms with van der Waals surface area (Å²) in [7, 11) is -1.12. The first kappa shape index (κ1) is 23.1. The van der Waals surface area contributed by atoms with Crippen LogP contribution in [0.5, 0.6) is 11.5 Å². The maximum atomic E-state index is 13.5. The van der Waals surface area contributed by atoms with E-state index in [-0.39, 0.29) is 10.6 Å². The van der Waals surface area contributed by atoms with Gasteiger partial charge in [0.2, 0.25) is 5.91 Å². The minimum absolute atomic E-state index is 0.0307. The molecule has 168 valence electrons. The van der Waals surface area contributed by atoms with Crippen LogP contribution < -0.4 is 19.1 Å². The molecule has 0 unspecified atom stereocenters. The monoisotopic (exact) mass is 454 g/mol. The molecule has 0 fully saturated rings. The van der Waals surface area contributed by atoms with Crippen LogP contribution in [0.15, 0.2) is 71.6 Å². The third-order valence-corrected chi connectivity index (χ3v) is 6.85. The number of hydrogen-bond acceptors (Lipinski definition) is 5. The number of rotatable bonds is 8. The second kappa shape index (κ2) is 9.74. The first-order valence-electron chi connectivity index (χ1n) is 9.93. The molecular formula is C24H26N2O5S. The zero-order valence-corrected chi connectivity index (χ0v) is 19.3. The average Bonchev–Trinajstić information content (AvgIpc) is 2.80. The van der Waals surface area contributed by atoms with E-state index in [0.717, 1.165) is 15.4 Å². The maximum absolute atomic E-state index is 13.5. The lowest BCUT2D eigenvalue weighted by Crippen LogP contribution is -2.38. The summed E-state index contributed by atoms with van der Waals surface area (Å²) in [5, 5.41) is 2.78. The third-order valence-electron chi connectivity index (χ3n) is 5.08. The molecule has 3 aromatic rings. The van der Waals surface area contributed by atoms with Gasteiger partial charge in [-0.25, -0.2) is 8.42 Å². The smallest absolute Gasteiger partial charge is 0.264 e. The van der Waals surface area contributed by atoms with E-state index in [1.807, 2.05) is 26.0 Å². The van der Waals surface area contributed by atoms with Crippen molar-refractivity contribution < 1.29 is 22.7 Å². The van der Waals surface area contributed by atoms with E-state index in [1.54, 1.807) is 42.5 Å². The quantitative estimate of drug-likeness (QED) is 0.553. The Morgan fingerprint density at radius 1 is 0.906 bits per heavy atom. The van der Waals surface area contributed by atoms with Gasteiger partial charge in [0.25, 0.3) is 10.0 Å². The molecule has 1 N–H and O–H groups in total. The van der Waals surface area contributed by atoms with E-state index in [0.29, 0.717) is 17.2 Å². The lowest BCUT2D eigenvalue weighted by Gasteiger charge is -2.25. The van der Waals surface area contributed by atoms with Crippen molar-refractivity contribution in [1.82, 2.24) is 0 Å². The maximum Gasteiger partial charge on any atom is 0.264 e. The van der Waals surface area contributed by atoms with Crippen LogP contribution in [0.4, 0.5) is 11.4 Å². The summed E-state index contributed by atoms with van der Waals surface area (Å²) in [6.45, 7) is 3.49. The molecule has 0 bridgehead atoms. The molecule has 0 atom stereocenters. The molecule has 0 aliphatic carbocycles.